The summed E-state index contributed by atoms with van der Waals surface area (Å²) < 4.78 is 34.0. The normalized spacial score (nSPS) is 15.5. The third kappa shape index (κ3) is 4.15. The Bertz CT molecular complexity index is 1550. The molecule has 0 radical (unpaired) electrons. The summed E-state index contributed by atoms with van der Waals surface area (Å²) >= 11 is 0.869. The SMILES string of the molecule is N#Cc1c(N(C2CCNC2)S(=O)(=O)c2ccccc2)sc(C(=O)c2cc(-c3ccccc3)no2)c1N. The molecular weight excluding hydrogens is 498 g/mol. The molecule has 0 saturated carbocycles. The molecule has 1 fully saturated rings. The lowest BCUT2D eigenvalue weighted by molar-refractivity contribution is 0.100. The third-order valence-corrected chi connectivity index (χ3v) is 9.10. The zero-order chi connectivity index (χ0) is 25.3. The quantitative estimate of drug-likeness (QED) is 0.352. The van der Waals surface area contributed by atoms with Gasteiger partial charge in [-0.25, -0.2) is 8.42 Å². The maximum atomic E-state index is 13.7. The first-order chi connectivity index (χ1) is 17.4. The van der Waals surface area contributed by atoms with Crippen LogP contribution in [0.25, 0.3) is 11.3 Å². The average molecular weight is 520 g/mol. The number of hydrogen-bond acceptors (Lipinski definition) is 9. The zero-order valence-corrected chi connectivity index (χ0v) is 20.6. The number of hydrogen-bond donors (Lipinski definition) is 2. The molecule has 0 aliphatic carbocycles. The summed E-state index contributed by atoms with van der Waals surface area (Å²) in [6.45, 7) is 1.03. The highest BCUT2D eigenvalue weighted by molar-refractivity contribution is 7.93. The van der Waals surface area contributed by atoms with Crippen LogP contribution >= 0.6 is 11.3 Å². The van der Waals surface area contributed by atoms with Gasteiger partial charge in [0, 0.05) is 18.2 Å². The number of aromatic nitrogens is 1. The predicted octanol–water partition coefficient (Wildman–Crippen LogP) is 3.65. The monoisotopic (exact) mass is 519 g/mol. The topological polar surface area (TPSA) is 142 Å². The molecular formula is C25H21N5O4S2. The number of nitrogens with two attached hydrogens (primary N) is 1. The maximum Gasteiger partial charge on any atom is 0.265 e. The molecule has 0 spiro atoms. The van der Waals surface area contributed by atoms with Crippen LogP contribution in [0.2, 0.25) is 0 Å². The van der Waals surface area contributed by atoms with Crippen molar-refractivity contribution in [1.82, 2.24) is 10.5 Å². The lowest BCUT2D eigenvalue weighted by Crippen LogP contribution is -2.41. The number of nitrogens with one attached hydrogen (secondary N) is 1. The summed E-state index contributed by atoms with van der Waals surface area (Å²) in [6, 6.07) is 20.3. The molecule has 5 rings (SSSR count). The molecule has 0 amide bonds. The average Bonchev–Trinajstić information content (AvgIpc) is 3.66. The molecule has 182 valence electrons. The number of nitrogens with zero attached hydrogens (tertiary/aromatic N) is 3. The van der Waals surface area contributed by atoms with Gasteiger partial charge in [0.2, 0.25) is 11.5 Å². The van der Waals surface area contributed by atoms with Gasteiger partial charge in [-0.05, 0) is 25.1 Å². The highest BCUT2D eigenvalue weighted by Crippen LogP contribution is 2.43. The molecule has 1 aliphatic heterocycles. The first-order valence-corrected chi connectivity index (χ1v) is 13.4. The predicted molar refractivity (Wildman–Crippen MR) is 136 cm³/mol. The summed E-state index contributed by atoms with van der Waals surface area (Å²) in [5.74, 6) is -0.630. The number of sulfonamides is 1. The van der Waals surface area contributed by atoms with Crippen molar-refractivity contribution in [2.45, 2.75) is 17.4 Å². The van der Waals surface area contributed by atoms with Crippen molar-refractivity contribution in [2.75, 3.05) is 23.1 Å². The molecule has 4 aromatic rings. The van der Waals surface area contributed by atoms with E-state index in [1.807, 2.05) is 36.4 Å². The number of carbonyl (C=O) groups excluding carboxylic acids is 1. The molecule has 1 saturated heterocycles. The standard InChI is InChI=1S/C25H21N5O4S2/c26-14-19-22(27)24(23(31)21-13-20(29-34-21)16-7-3-1-4-8-16)35-25(19)30(17-11-12-28-15-17)36(32,33)18-9-5-2-6-10-18/h1-10,13,17,28H,11-12,15,27H2. The molecule has 1 aliphatic rings. The van der Waals surface area contributed by atoms with Crippen LogP contribution in [0.5, 0.6) is 0 Å². The Hall–Kier alpha value is -3.98. The van der Waals surface area contributed by atoms with Gasteiger partial charge in [0.15, 0.2) is 0 Å². The van der Waals surface area contributed by atoms with E-state index in [1.165, 1.54) is 22.5 Å². The number of ketones is 1. The van der Waals surface area contributed by atoms with Gasteiger partial charge in [0.1, 0.15) is 27.2 Å². The highest BCUT2D eigenvalue weighted by atomic mass is 32.2. The number of anilines is 2. The first-order valence-electron chi connectivity index (χ1n) is 11.1. The van der Waals surface area contributed by atoms with Crippen LogP contribution < -0.4 is 15.4 Å². The van der Waals surface area contributed by atoms with E-state index in [4.69, 9.17) is 10.3 Å². The molecule has 1 unspecified atom stereocenters. The van der Waals surface area contributed by atoms with Crippen molar-refractivity contribution in [1.29, 1.82) is 5.26 Å². The van der Waals surface area contributed by atoms with E-state index in [1.54, 1.807) is 18.2 Å². The molecule has 1 atom stereocenters. The Labute approximate surface area is 211 Å². The minimum atomic E-state index is -4.05. The lowest BCUT2D eigenvalue weighted by Gasteiger charge is -2.28. The van der Waals surface area contributed by atoms with Crippen LogP contribution in [-0.4, -0.2) is 38.5 Å². The first kappa shape index (κ1) is 23.7. The number of benzene rings is 2. The van der Waals surface area contributed by atoms with Gasteiger partial charge in [0.25, 0.3) is 10.0 Å². The molecule has 2 aromatic heterocycles. The zero-order valence-electron chi connectivity index (χ0n) is 18.9. The van der Waals surface area contributed by atoms with Crippen LogP contribution in [0.4, 0.5) is 10.7 Å². The van der Waals surface area contributed by atoms with E-state index in [9.17, 15) is 18.5 Å². The molecule has 9 nitrogen and oxygen atoms in total. The molecule has 2 aromatic carbocycles. The molecule has 0 bridgehead atoms. The fourth-order valence-electron chi connectivity index (χ4n) is 4.12. The second kappa shape index (κ2) is 9.58. The summed E-state index contributed by atoms with van der Waals surface area (Å²) in [6.07, 6.45) is 0.542. The van der Waals surface area contributed by atoms with E-state index in [2.05, 4.69) is 10.5 Å². The number of nitrogen functional groups attached to an aromatic ring is 1. The smallest absolute Gasteiger partial charge is 0.265 e. The summed E-state index contributed by atoms with van der Waals surface area (Å²) in [7, 11) is -4.05. The molecule has 11 heteroatoms. The maximum absolute atomic E-state index is 13.7. The Morgan fingerprint density at radius 3 is 2.50 bits per heavy atom. The largest absolute Gasteiger partial charge is 0.396 e. The number of carbonyl (C=O) groups is 1. The second-order valence-electron chi connectivity index (χ2n) is 8.17. The Morgan fingerprint density at radius 2 is 1.86 bits per heavy atom. The molecule has 3 N–H and O–H groups in total. The summed E-state index contributed by atoms with van der Waals surface area (Å²) in [5, 5.41) is 17.2. The van der Waals surface area contributed by atoms with Crippen molar-refractivity contribution in [3.8, 4) is 17.3 Å². The van der Waals surface area contributed by atoms with Crippen molar-refractivity contribution in [3.63, 3.8) is 0 Å². The van der Waals surface area contributed by atoms with Crippen LogP contribution in [0.1, 0.15) is 27.4 Å². The highest BCUT2D eigenvalue weighted by Gasteiger charge is 2.38. The molecule has 36 heavy (non-hydrogen) atoms. The van der Waals surface area contributed by atoms with Crippen LogP contribution in [0.15, 0.2) is 76.1 Å². The van der Waals surface area contributed by atoms with Crippen LogP contribution in [0, 0.1) is 11.3 Å². The minimum Gasteiger partial charge on any atom is -0.396 e. The van der Waals surface area contributed by atoms with Crippen molar-refractivity contribution in [2.24, 2.45) is 0 Å². The number of rotatable bonds is 7. The minimum absolute atomic E-state index is 0.0246. The summed E-state index contributed by atoms with van der Waals surface area (Å²) in [4.78, 5) is 13.5. The van der Waals surface area contributed by atoms with Crippen LogP contribution in [0.3, 0.4) is 0 Å². The van der Waals surface area contributed by atoms with E-state index in [0.717, 1.165) is 16.9 Å². The van der Waals surface area contributed by atoms with E-state index in [-0.39, 0.29) is 31.8 Å². The Balaban J connectivity index is 1.59. The lowest BCUT2D eigenvalue weighted by atomic mass is 10.1. The Kier molecular flexibility index (Phi) is 6.32. The van der Waals surface area contributed by atoms with Gasteiger partial charge >= 0.3 is 0 Å². The fraction of sp³-hybridized carbons (Fsp3) is 0.160. The van der Waals surface area contributed by atoms with Gasteiger partial charge in [0.05, 0.1) is 16.6 Å². The Morgan fingerprint density at radius 1 is 1.17 bits per heavy atom. The van der Waals surface area contributed by atoms with Crippen molar-refractivity contribution >= 4 is 37.8 Å². The van der Waals surface area contributed by atoms with Crippen LogP contribution in [-0.2, 0) is 10.0 Å². The van der Waals surface area contributed by atoms with E-state index >= 15 is 0 Å². The van der Waals surface area contributed by atoms with Gasteiger partial charge in [-0.1, -0.05) is 53.7 Å². The van der Waals surface area contributed by atoms with E-state index < -0.39 is 21.8 Å². The third-order valence-electron chi connectivity index (χ3n) is 5.91. The fourth-order valence-corrected chi connectivity index (χ4v) is 7.23. The van der Waals surface area contributed by atoms with E-state index in [0.29, 0.717) is 25.2 Å². The van der Waals surface area contributed by atoms with Gasteiger partial charge < -0.3 is 15.6 Å². The van der Waals surface area contributed by atoms with Gasteiger partial charge in [-0.3, -0.25) is 9.10 Å². The van der Waals surface area contributed by atoms with Crippen molar-refractivity contribution in [3.05, 3.63) is 82.9 Å². The van der Waals surface area contributed by atoms with Gasteiger partial charge in [-0.2, -0.15) is 5.26 Å². The molecule has 3 heterocycles. The second-order valence-corrected chi connectivity index (χ2v) is 11.0. The van der Waals surface area contributed by atoms with Gasteiger partial charge in [-0.15, -0.1) is 11.3 Å². The summed E-state index contributed by atoms with van der Waals surface area (Å²) in [5.41, 5.74) is 7.36. The number of thiophene rings is 1. The number of nitriles is 1. The van der Waals surface area contributed by atoms with Crippen molar-refractivity contribution < 1.29 is 17.7 Å².